The third-order valence-electron chi connectivity index (χ3n) is 2.92. The maximum atomic E-state index is 12.4. The minimum atomic E-state index is 0.00231. The summed E-state index contributed by atoms with van der Waals surface area (Å²) >= 11 is 0. The largest absolute Gasteiger partial charge is 0.383 e. The molecule has 0 bridgehead atoms. The summed E-state index contributed by atoms with van der Waals surface area (Å²) in [4.78, 5) is 18.2. The molecule has 2 N–H and O–H groups in total. The zero-order valence-corrected chi connectivity index (χ0v) is 11.4. The van der Waals surface area contributed by atoms with Crippen LogP contribution in [-0.2, 0) is 0 Å². The Morgan fingerprint density at radius 2 is 1.89 bits per heavy atom. The zero-order chi connectivity index (χ0) is 13.4. The Bertz CT molecular complexity index is 371. The van der Waals surface area contributed by atoms with Gasteiger partial charge in [0, 0.05) is 19.3 Å². The van der Waals surface area contributed by atoms with E-state index in [9.17, 15) is 4.79 Å². The van der Waals surface area contributed by atoms with E-state index >= 15 is 0 Å². The fourth-order valence-electron chi connectivity index (χ4n) is 1.78. The van der Waals surface area contributed by atoms with Crippen LogP contribution in [0.15, 0.2) is 18.3 Å². The van der Waals surface area contributed by atoms with Gasteiger partial charge in [-0.15, -0.1) is 0 Å². The molecule has 0 unspecified atom stereocenters. The van der Waals surface area contributed by atoms with E-state index in [0.29, 0.717) is 11.4 Å². The lowest BCUT2D eigenvalue weighted by Gasteiger charge is -2.22. The number of hydrogen-bond donors (Lipinski definition) is 1. The first-order valence-electron chi connectivity index (χ1n) is 6.70. The van der Waals surface area contributed by atoms with Gasteiger partial charge in [-0.25, -0.2) is 4.98 Å². The average Bonchev–Trinajstić information content (AvgIpc) is 2.39. The molecule has 0 saturated carbocycles. The van der Waals surface area contributed by atoms with Gasteiger partial charge in [0.1, 0.15) is 5.82 Å². The van der Waals surface area contributed by atoms with E-state index in [1.165, 1.54) is 0 Å². The van der Waals surface area contributed by atoms with Crippen molar-refractivity contribution in [2.75, 3.05) is 18.8 Å². The van der Waals surface area contributed by atoms with E-state index in [2.05, 4.69) is 18.8 Å². The summed E-state index contributed by atoms with van der Waals surface area (Å²) in [5.74, 6) is 0.322. The van der Waals surface area contributed by atoms with E-state index in [4.69, 9.17) is 5.73 Å². The zero-order valence-electron chi connectivity index (χ0n) is 11.4. The number of nitrogen functional groups attached to an aromatic ring is 1. The lowest BCUT2D eigenvalue weighted by Crippen LogP contribution is -2.33. The van der Waals surface area contributed by atoms with Gasteiger partial charge in [-0.05, 0) is 25.0 Å². The molecule has 0 aliphatic rings. The molecule has 18 heavy (non-hydrogen) atoms. The maximum absolute atomic E-state index is 12.4. The van der Waals surface area contributed by atoms with Crippen molar-refractivity contribution < 1.29 is 4.79 Å². The van der Waals surface area contributed by atoms with Gasteiger partial charge >= 0.3 is 0 Å². The second-order valence-electron chi connectivity index (χ2n) is 4.44. The Morgan fingerprint density at radius 1 is 1.28 bits per heavy atom. The van der Waals surface area contributed by atoms with Gasteiger partial charge in [-0.3, -0.25) is 4.79 Å². The molecule has 4 heteroatoms. The second kappa shape index (κ2) is 7.69. The summed E-state index contributed by atoms with van der Waals surface area (Å²) in [6.45, 7) is 5.84. The number of carbonyl (C=O) groups is 1. The molecular weight excluding hydrogens is 226 g/mol. The van der Waals surface area contributed by atoms with Crippen molar-refractivity contribution in [3.63, 3.8) is 0 Å². The van der Waals surface area contributed by atoms with Crippen molar-refractivity contribution >= 4 is 11.7 Å². The summed E-state index contributed by atoms with van der Waals surface area (Å²) in [5, 5.41) is 0. The number of pyridine rings is 1. The van der Waals surface area contributed by atoms with Crippen LogP contribution in [-0.4, -0.2) is 28.9 Å². The monoisotopic (exact) mass is 249 g/mol. The standard InChI is InChI=1S/C14H23N3O/c1-3-5-10-17(11-6-4-2)14(18)12-8-7-9-16-13(12)15/h7-9H,3-6,10-11H2,1-2H3,(H2,15,16). The van der Waals surface area contributed by atoms with E-state index in [-0.39, 0.29) is 5.91 Å². The average molecular weight is 249 g/mol. The number of nitrogens with two attached hydrogens (primary N) is 1. The molecule has 100 valence electrons. The SMILES string of the molecule is CCCCN(CCCC)C(=O)c1cccnc1N. The van der Waals surface area contributed by atoms with Crippen LogP contribution in [0.4, 0.5) is 5.82 Å². The molecule has 1 heterocycles. The Labute approximate surface area is 109 Å². The van der Waals surface area contributed by atoms with Crippen LogP contribution in [0, 0.1) is 0 Å². The Morgan fingerprint density at radius 3 is 2.39 bits per heavy atom. The molecule has 1 aromatic heterocycles. The number of anilines is 1. The summed E-state index contributed by atoms with van der Waals surface area (Å²) < 4.78 is 0. The molecule has 1 amide bonds. The van der Waals surface area contributed by atoms with Gasteiger partial charge in [-0.1, -0.05) is 26.7 Å². The number of unbranched alkanes of at least 4 members (excludes halogenated alkanes) is 2. The van der Waals surface area contributed by atoms with E-state index < -0.39 is 0 Å². The fraction of sp³-hybridized carbons (Fsp3) is 0.571. The van der Waals surface area contributed by atoms with Crippen molar-refractivity contribution in [2.45, 2.75) is 39.5 Å². The van der Waals surface area contributed by atoms with Crippen molar-refractivity contribution in [2.24, 2.45) is 0 Å². The van der Waals surface area contributed by atoms with Crippen molar-refractivity contribution in [1.29, 1.82) is 0 Å². The summed E-state index contributed by atoms with van der Waals surface area (Å²) in [6, 6.07) is 3.50. The normalized spacial score (nSPS) is 10.3. The van der Waals surface area contributed by atoms with Crippen LogP contribution in [0.2, 0.25) is 0 Å². The highest BCUT2D eigenvalue weighted by molar-refractivity contribution is 5.98. The van der Waals surface area contributed by atoms with Gasteiger partial charge in [-0.2, -0.15) is 0 Å². The highest BCUT2D eigenvalue weighted by Crippen LogP contribution is 2.12. The molecule has 0 aliphatic carbocycles. The van der Waals surface area contributed by atoms with Gasteiger partial charge in [0.2, 0.25) is 0 Å². The van der Waals surface area contributed by atoms with Crippen molar-refractivity contribution in [3.05, 3.63) is 23.9 Å². The van der Waals surface area contributed by atoms with Crippen LogP contribution in [0.25, 0.3) is 0 Å². The first kappa shape index (κ1) is 14.5. The Hall–Kier alpha value is -1.58. The lowest BCUT2D eigenvalue weighted by atomic mass is 10.2. The Balaban J connectivity index is 2.77. The molecule has 0 spiro atoms. The summed E-state index contributed by atoms with van der Waals surface area (Å²) in [7, 11) is 0. The minimum Gasteiger partial charge on any atom is -0.383 e. The molecule has 0 aromatic carbocycles. The molecule has 0 radical (unpaired) electrons. The number of nitrogens with zero attached hydrogens (tertiary/aromatic N) is 2. The molecule has 0 saturated heterocycles. The van der Waals surface area contributed by atoms with Crippen LogP contribution in [0.3, 0.4) is 0 Å². The van der Waals surface area contributed by atoms with Gasteiger partial charge < -0.3 is 10.6 Å². The Kier molecular flexibility index (Phi) is 6.19. The third-order valence-corrected chi connectivity index (χ3v) is 2.92. The molecule has 1 aromatic rings. The first-order valence-corrected chi connectivity index (χ1v) is 6.70. The number of amides is 1. The highest BCUT2D eigenvalue weighted by atomic mass is 16.2. The molecule has 0 aliphatic heterocycles. The van der Waals surface area contributed by atoms with Crippen LogP contribution in [0.5, 0.6) is 0 Å². The van der Waals surface area contributed by atoms with Crippen LogP contribution >= 0.6 is 0 Å². The summed E-state index contributed by atoms with van der Waals surface area (Å²) in [6.07, 6.45) is 5.82. The van der Waals surface area contributed by atoms with Gasteiger partial charge in [0.05, 0.1) is 5.56 Å². The lowest BCUT2D eigenvalue weighted by molar-refractivity contribution is 0.0752. The van der Waals surface area contributed by atoms with Gasteiger partial charge in [0.25, 0.3) is 5.91 Å². The fourth-order valence-corrected chi connectivity index (χ4v) is 1.78. The highest BCUT2D eigenvalue weighted by Gasteiger charge is 2.17. The van der Waals surface area contributed by atoms with Crippen molar-refractivity contribution in [3.8, 4) is 0 Å². The first-order chi connectivity index (χ1) is 8.70. The quantitative estimate of drug-likeness (QED) is 0.808. The molecule has 0 fully saturated rings. The van der Waals surface area contributed by atoms with E-state index in [1.807, 2.05) is 4.90 Å². The van der Waals surface area contributed by atoms with Crippen LogP contribution < -0.4 is 5.73 Å². The minimum absolute atomic E-state index is 0.00231. The second-order valence-corrected chi connectivity index (χ2v) is 4.44. The number of aromatic nitrogens is 1. The number of carbonyl (C=O) groups excluding carboxylic acids is 1. The molecular formula is C14H23N3O. The van der Waals surface area contributed by atoms with E-state index in [1.54, 1.807) is 18.3 Å². The van der Waals surface area contributed by atoms with E-state index in [0.717, 1.165) is 38.8 Å². The third kappa shape index (κ3) is 4.02. The molecule has 1 rings (SSSR count). The smallest absolute Gasteiger partial charge is 0.257 e. The molecule has 4 nitrogen and oxygen atoms in total. The predicted molar refractivity (Wildman–Crippen MR) is 74.4 cm³/mol. The maximum Gasteiger partial charge on any atom is 0.257 e. The van der Waals surface area contributed by atoms with Crippen LogP contribution in [0.1, 0.15) is 49.9 Å². The number of hydrogen-bond acceptors (Lipinski definition) is 3. The summed E-state index contributed by atoms with van der Waals surface area (Å²) in [5.41, 5.74) is 6.28. The molecule has 0 atom stereocenters. The number of rotatable bonds is 7. The topological polar surface area (TPSA) is 59.2 Å². The van der Waals surface area contributed by atoms with Crippen molar-refractivity contribution in [1.82, 2.24) is 9.88 Å². The predicted octanol–water partition coefficient (Wildman–Crippen LogP) is 2.71. The van der Waals surface area contributed by atoms with Gasteiger partial charge in [0.15, 0.2) is 0 Å².